The second kappa shape index (κ2) is 7.46. The molecule has 0 bridgehead atoms. The quantitative estimate of drug-likeness (QED) is 0.768. The summed E-state index contributed by atoms with van der Waals surface area (Å²) in [6.07, 6.45) is 1.61. The van der Waals surface area contributed by atoms with Crippen LogP contribution in [0.3, 0.4) is 0 Å². The molecule has 106 valence electrons. The molecule has 20 heavy (non-hydrogen) atoms. The molecule has 0 saturated carbocycles. The number of rotatable bonds is 5. The molecule has 1 unspecified atom stereocenters. The van der Waals surface area contributed by atoms with Gasteiger partial charge in [-0.05, 0) is 54.2 Å². The van der Waals surface area contributed by atoms with Crippen molar-refractivity contribution >= 4 is 39.1 Å². The number of hydrogen-bond acceptors (Lipinski definition) is 1. The van der Waals surface area contributed by atoms with Crippen LogP contribution in [0.15, 0.2) is 46.9 Å². The van der Waals surface area contributed by atoms with Crippen molar-refractivity contribution in [2.75, 3.05) is 6.61 Å². The predicted octanol–water partition coefficient (Wildman–Crippen LogP) is 5.15. The minimum atomic E-state index is 0.146. The van der Waals surface area contributed by atoms with Gasteiger partial charge < -0.3 is 5.11 Å². The van der Waals surface area contributed by atoms with Gasteiger partial charge in [0.05, 0.1) is 10.0 Å². The van der Waals surface area contributed by atoms with Crippen molar-refractivity contribution in [3.05, 3.63) is 68.1 Å². The summed E-state index contributed by atoms with van der Waals surface area (Å²) in [7, 11) is 0. The summed E-state index contributed by atoms with van der Waals surface area (Å²) in [5.41, 5.74) is 2.30. The lowest BCUT2D eigenvalue weighted by Crippen LogP contribution is -2.13. The molecule has 2 aromatic carbocycles. The Balaban J connectivity index is 2.07. The second-order valence-electron chi connectivity index (χ2n) is 4.84. The monoisotopic (exact) mass is 372 g/mol. The molecular formula is C16H15BrCl2O. The van der Waals surface area contributed by atoms with Crippen LogP contribution in [0.1, 0.15) is 11.1 Å². The van der Waals surface area contributed by atoms with E-state index in [1.54, 1.807) is 6.07 Å². The number of hydrogen-bond donors (Lipinski definition) is 1. The maximum absolute atomic E-state index is 9.57. The molecule has 0 amide bonds. The Hall–Kier alpha value is -0.540. The first-order chi connectivity index (χ1) is 9.58. The fourth-order valence-corrected chi connectivity index (χ4v) is 2.97. The van der Waals surface area contributed by atoms with Gasteiger partial charge in [0.25, 0.3) is 0 Å². The molecule has 0 aromatic heterocycles. The van der Waals surface area contributed by atoms with Gasteiger partial charge in [0.1, 0.15) is 0 Å². The summed E-state index contributed by atoms with van der Waals surface area (Å²) in [4.78, 5) is 0. The van der Waals surface area contributed by atoms with Crippen LogP contribution in [0.4, 0.5) is 0 Å². The van der Waals surface area contributed by atoms with Crippen molar-refractivity contribution in [2.24, 2.45) is 5.92 Å². The van der Waals surface area contributed by atoms with Crippen molar-refractivity contribution in [1.29, 1.82) is 0 Å². The van der Waals surface area contributed by atoms with Crippen LogP contribution in [0.25, 0.3) is 0 Å². The zero-order valence-corrected chi connectivity index (χ0v) is 13.9. The molecule has 0 heterocycles. The zero-order chi connectivity index (χ0) is 14.5. The molecule has 0 fully saturated rings. The van der Waals surface area contributed by atoms with Gasteiger partial charge in [0.15, 0.2) is 0 Å². The van der Waals surface area contributed by atoms with Crippen LogP contribution in [0.5, 0.6) is 0 Å². The largest absolute Gasteiger partial charge is 0.396 e. The van der Waals surface area contributed by atoms with Gasteiger partial charge in [-0.2, -0.15) is 0 Å². The summed E-state index contributed by atoms with van der Waals surface area (Å²) in [5, 5.41) is 10.7. The molecule has 0 aliphatic carbocycles. The SMILES string of the molecule is OCC(Cc1cccc(Br)c1)Cc1ccc(Cl)c(Cl)c1. The number of halogens is 3. The van der Waals surface area contributed by atoms with Crippen LogP contribution >= 0.6 is 39.1 Å². The lowest BCUT2D eigenvalue weighted by atomic mass is 9.93. The molecule has 0 aliphatic rings. The van der Waals surface area contributed by atoms with E-state index in [1.807, 2.05) is 24.3 Å². The summed E-state index contributed by atoms with van der Waals surface area (Å²) >= 11 is 15.4. The third-order valence-corrected chi connectivity index (χ3v) is 4.41. The Kier molecular flexibility index (Phi) is 5.91. The second-order valence-corrected chi connectivity index (χ2v) is 6.57. The highest BCUT2D eigenvalue weighted by molar-refractivity contribution is 9.10. The smallest absolute Gasteiger partial charge is 0.0595 e. The van der Waals surface area contributed by atoms with E-state index in [2.05, 4.69) is 28.1 Å². The van der Waals surface area contributed by atoms with Crippen molar-refractivity contribution in [2.45, 2.75) is 12.8 Å². The molecule has 1 N–H and O–H groups in total. The fourth-order valence-electron chi connectivity index (χ4n) is 2.20. The van der Waals surface area contributed by atoms with Gasteiger partial charge in [-0.15, -0.1) is 0 Å². The molecule has 0 aliphatic heterocycles. The first-order valence-electron chi connectivity index (χ1n) is 6.37. The van der Waals surface area contributed by atoms with Crippen LogP contribution < -0.4 is 0 Å². The van der Waals surface area contributed by atoms with E-state index in [-0.39, 0.29) is 12.5 Å². The van der Waals surface area contributed by atoms with E-state index in [0.29, 0.717) is 10.0 Å². The Morgan fingerprint density at radius 2 is 1.65 bits per heavy atom. The van der Waals surface area contributed by atoms with Crippen molar-refractivity contribution < 1.29 is 5.11 Å². The standard InChI is InChI=1S/C16H15BrCl2O/c17-14-3-1-2-11(8-14)6-13(10-20)7-12-4-5-15(18)16(19)9-12/h1-5,8-9,13,20H,6-7,10H2. The summed E-state index contributed by atoms with van der Waals surface area (Å²) in [5.74, 6) is 0.168. The van der Waals surface area contributed by atoms with E-state index < -0.39 is 0 Å². The van der Waals surface area contributed by atoms with Crippen LogP contribution in [0, 0.1) is 5.92 Å². The van der Waals surface area contributed by atoms with Crippen molar-refractivity contribution in [3.8, 4) is 0 Å². The highest BCUT2D eigenvalue weighted by Gasteiger charge is 2.11. The van der Waals surface area contributed by atoms with Gasteiger partial charge in [-0.3, -0.25) is 0 Å². The Labute approximate surface area is 137 Å². The first-order valence-corrected chi connectivity index (χ1v) is 7.92. The Morgan fingerprint density at radius 1 is 0.950 bits per heavy atom. The molecule has 1 nitrogen and oxygen atoms in total. The third kappa shape index (κ3) is 4.49. The van der Waals surface area contributed by atoms with E-state index >= 15 is 0 Å². The Bertz CT molecular complexity index is 586. The van der Waals surface area contributed by atoms with E-state index in [4.69, 9.17) is 23.2 Å². The van der Waals surface area contributed by atoms with Crippen molar-refractivity contribution in [1.82, 2.24) is 0 Å². The highest BCUT2D eigenvalue weighted by atomic mass is 79.9. The van der Waals surface area contributed by atoms with E-state index in [9.17, 15) is 5.11 Å². The molecule has 2 aromatic rings. The number of aliphatic hydroxyl groups excluding tert-OH is 1. The van der Waals surface area contributed by atoms with Gasteiger partial charge in [-0.25, -0.2) is 0 Å². The molecule has 1 atom stereocenters. The molecule has 0 spiro atoms. The average Bonchev–Trinajstić information content (AvgIpc) is 2.42. The molecule has 4 heteroatoms. The first kappa shape index (κ1) is 15.8. The highest BCUT2D eigenvalue weighted by Crippen LogP contribution is 2.25. The zero-order valence-electron chi connectivity index (χ0n) is 10.8. The summed E-state index contributed by atoms with van der Waals surface area (Å²) < 4.78 is 1.06. The minimum Gasteiger partial charge on any atom is -0.396 e. The number of benzene rings is 2. The van der Waals surface area contributed by atoms with Gasteiger partial charge >= 0.3 is 0 Å². The van der Waals surface area contributed by atoms with Gasteiger partial charge in [-0.1, -0.05) is 57.3 Å². The van der Waals surface area contributed by atoms with Crippen molar-refractivity contribution in [3.63, 3.8) is 0 Å². The molecule has 2 rings (SSSR count). The van der Waals surface area contributed by atoms with Gasteiger partial charge in [0, 0.05) is 11.1 Å². The molecule has 0 radical (unpaired) electrons. The van der Waals surface area contributed by atoms with Crippen LogP contribution in [0.2, 0.25) is 10.0 Å². The number of aliphatic hydroxyl groups is 1. The molecular weight excluding hydrogens is 359 g/mol. The predicted molar refractivity (Wildman–Crippen MR) is 88.6 cm³/mol. The minimum absolute atomic E-state index is 0.146. The third-order valence-electron chi connectivity index (χ3n) is 3.18. The van der Waals surface area contributed by atoms with Gasteiger partial charge in [0.2, 0.25) is 0 Å². The fraction of sp³-hybridized carbons (Fsp3) is 0.250. The summed E-state index contributed by atoms with van der Waals surface area (Å²) in [6.45, 7) is 0.146. The lowest BCUT2D eigenvalue weighted by Gasteiger charge is -2.15. The molecule has 0 saturated heterocycles. The maximum Gasteiger partial charge on any atom is 0.0595 e. The lowest BCUT2D eigenvalue weighted by molar-refractivity contribution is 0.225. The van der Waals surface area contributed by atoms with E-state index in [1.165, 1.54) is 5.56 Å². The Morgan fingerprint density at radius 3 is 2.25 bits per heavy atom. The van der Waals surface area contributed by atoms with Crippen LogP contribution in [-0.2, 0) is 12.8 Å². The normalized spacial score (nSPS) is 12.4. The topological polar surface area (TPSA) is 20.2 Å². The maximum atomic E-state index is 9.57. The average molecular weight is 374 g/mol. The van der Waals surface area contributed by atoms with E-state index in [0.717, 1.165) is 22.9 Å². The summed E-state index contributed by atoms with van der Waals surface area (Å²) in [6, 6.07) is 13.8. The van der Waals surface area contributed by atoms with Crippen LogP contribution in [-0.4, -0.2) is 11.7 Å².